The standard InChI is InChI=1S/C24H21ClN2O3/c25-20-8-6-18(7-9-20)24(29)26-21-10-11-22-19(14-21)15-27(23(28)16-30-22)13-12-17-4-2-1-3-5-17/h1-11,14H,12-13,15-16H2,(H,26,29). The molecule has 0 spiro atoms. The Labute approximate surface area is 180 Å². The summed E-state index contributed by atoms with van der Waals surface area (Å²) in [5, 5.41) is 3.47. The van der Waals surface area contributed by atoms with Gasteiger partial charge in [-0.25, -0.2) is 0 Å². The average Bonchev–Trinajstić information content (AvgIpc) is 2.92. The number of halogens is 1. The Morgan fingerprint density at radius 3 is 2.57 bits per heavy atom. The predicted octanol–water partition coefficient (Wildman–Crippen LogP) is 4.56. The SMILES string of the molecule is O=C(Nc1ccc2c(c1)CN(CCc1ccccc1)C(=O)CO2)c1ccc(Cl)cc1. The molecule has 0 radical (unpaired) electrons. The zero-order chi connectivity index (χ0) is 20.9. The van der Waals surface area contributed by atoms with Crippen molar-refractivity contribution in [3.63, 3.8) is 0 Å². The number of nitrogens with one attached hydrogen (secondary N) is 1. The summed E-state index contributed by atoms with van der Waals surface area (Å²) in [6.07, 6.45) is 0.773. The quantitative estimate of drug-likeness (QED) is 0.658. The molecule has 0 fully saturated rings. The normalized spacial score (nSPS) is 13.2. The Kier molecular flexibility index (Phi) is 6.00. The minimum Gasteiger partial charge on any atom is -0.483 e. The van der Waals surface area contributed by atoms with Gasteiger partial charge >= 0.3 is 0 Å². The van der Waals surface area contributed by atoms with Gasteiger partial charge in [0.2, 0.25) is 0 Å². The van der Waals surface area contributed by atoms with Crippen molar-refractivity contribution in [1.29, 1.82) is 0 Å². The molecule has 1 heterocycles. The number of benzene rings is 3. The van der Waals surface area contributed by atoms with Gasteiger partial charge in [-0.3, -0.25) is 9.59 Å². The maximum absolute atomic E-state index is 12.5. The van der Waals surface area contributed by atoms with Crippen molar-refractivity contribution in [1.82, 2.24) is 4.90 Å². The number of anilines is 1. The number of nitrogens with zero attached hydrogens (tertiary/aromatic N) is 1. The second-order valence-electron chi connectivity index (χ2n) is 7.12. The first-order valence-corrected chi connectivity index (χ1v) is 10.1. The summed E-state index contributed by atoms with van der Waals surface area (Å²) in [4.78, 5) is 26.8. The number of rotatable bonds is 5. The van der Waals surface area contributed by atoms with Crippen LogP contribution in [0.15, 0.2) is 72.8 Å². The molecule has 1 aliphatic heterocycles. The summed E-state index contributed by atoms with van der Waals surface area (Å²) in [6, 6.07) is 22.2. The number of ether oxygens (including phenoxy) is 1. The van der Waals surface area contributed by atoms with E-state index in [1.807, 2.05) is 24.3 Å². The fourth-order valence-electron chi connectivity index (χ4n) is 3.36. The van der Waals surface area contributed by atoms with Crippen molar-refractivity contribution in [2.75, 3.05) is 18.5 Å². The molecule has 0 atom stereocenters. The minimum absolute atomic E-state index is 0.0122. The Morgan fingerprint density at radius 2 is 1.80 bits per heavy atom. The third-order valence-corrected chi connectivity index (χ3v) is 5.26. The van der Waals surface area contributed by atoms with Gasteiger partial charge in [0, 0.05) is 34.9 Å². The highest BCUT2D eigenvalue weighted by atomic mass is 35.5. The lowest BCUT2D eigenvalue weighted by Crippen LogP contribution is -2.34. The molecule has 0 saturated heterocycles. The molecule has 152 valence electrons. The first kappa shape index (κ1) is 20.0. The zero-order valence-corrected chi connectivity index (χ0v) is 17.1. The van der Waals surface area contributed by atoms with E-state index in [-0.39, 0.29) is 18.4 Å². The first-order valence-electron chi connectivity index (χ1n) is 9.73. The summed E-state index contributed by atoms with van der Waals surface area (Å²) in [6.45, 7) is 1.05. The Balaban J connectivity index is 1.47. The van der Waals surface area contributed by atoms with Gasteiger partial charge in [0.15, 0.2) is 6.61 Å². The topological polar surface area (TPSA) is 58.6 Å². The molecular weight excluding hydrogens is 400 g/mol. The Hall–Kier alpha value is -3.31. The molecule has 5 nitrogen and oxygen atoms in total. The second kappa shape index (κ2) is 9.01. The van der Waals surface area contributed by atoms with E-state index in [0.717, 1.165) is 12.0 Å². The van der Waals surface area contributed by atoms with Crippen molar-refractivity contribution >= 4 is 29.1 Å². The average molecular weight is 421 g/mol. The van der Waals surface area contributed by atoms with Gasteiger partial charge < -0.3 is 15.0 Å². The van der Waals surface area contributed by atoms with Gasteiger partial charge in [0.25, 0.3) is 11.8 Å². The molecule has 0 aromatic heterocycles. The summed E-state index contributed by atoms with van der Waals surface area (Å²) in [5.74, 6) is 0.391. The third-order valence-electron chi connectivity index (χ3n) is 5.00. The van der Waals surface area contributed by atoms with Crippen LogP contribution in [0.5, 0.6) is 5.75 Å². The van der Waals surface area contributed by atoms with Gasteiger partial charge in [0.1, 0.15) is 5.75 Å². The molecule has 0 bridgehead atoms. The lowest BCUT2D eigenvalue weighted by Gasteiger charge is -2.20. The van der Waals surface area contributed by atoms with Crippen LogP contribution in [-0.2, 0) is 17.8 Å². The van der Waals surface area contributed by atoms with Crippen molar-refractivity contribution in [3.05, 3.63) is 94.5 Å². The monoisotopic (exact) mass is 420 g/mol. The van der Waals surface area contributed by atoms with E-state index in [4.69, 9.17) is 16.3 Å². The number of fused-ring (bicyclic) bond motifs is 1. The molecule has 4 rings (SSSR count). The van der Waals surface area contributed by atoms with Crippen molar-refractivity contribution in [2.45, 2.75) is 13.0 Å². The molecule has 3 aromatic rings. The lowest BCUT2D eigenvalue weighted by atomic mass is 10.1. The molecule has 30 heavy (non-hydrogen) atoms. The van der Waals surface area contributed by atoms with Crippen LogP contribution < -0.4 is 10.1 Å². The van der Waals surface area contributed by atoms with Crippen molar-refractivity contribution in [3.8, 4) is 5.75 Å². The molecule has 6 heteroatoms. The van der Waals surface area contributed by atoms with Gasteiger partial charge in [-0.1, -0.05) is 41.9 Å². The van der Waals surface area contributed by atoms with Crippen LogP contribution >= 0.6 is 11.6 Å². The molecule has 0 saturated carbocycles. The minimum atomic E-state index is -0.224. The maximum Gasteiger partial charge on any atom is 0.260 e. The van der Waals surface area contributed by atoms with E-state index in [1.54, 1.807) is 41.3 Å². The fraction of sp³-hybridized carbons (Fsp3) is 0.167. The van der Waals surface area contributed by atoms with Gasteiger partial charge in [-0.15, -0.1) is 0 Å². The van der Waals surface area contributed by atoms with E-state index in [9.17, 15) is 9.59 Å². The Bertz CT molecular complexity index is 1050. The smallest absolute Gasteiger partial charge is 0.260 e. The third kappa shape index (κ3) is 4.81. The zero-order valence-electron chi connectivity index (χ0n) is 16.3. The van der Waals surface area contributed by atoms with Crippen molar-refractivity contribution in [2.24, 2.45) is 0 Å². The van der Waals surface area contributed by atoms with Crippen LogP contribution in [0.2, 0.25) is 5.02 Å². The molecule has 0 unspecified atom stereocenters. The summed E-state index contributed by atoms with van der Waals surface area (Å²) < 4.78 is 5.68. The van der Waals surface area contributed by atoms with E-state index < -0.39 is 0 Å². The number of carbonyl (C=O) groups excluding carboxylic acids is 2. The number of hydrogen-bond acceptors (Lipinski definition) is 3. The van der Waals surface area contributed by atoms with Crippen molar-refractivity contribution < 1.29 is 14.3 Å². The highest BCUT2D eigenvalue weighted by Gasteiger charge is 2.22. The molecule has 1 aliphatic rings. The second-order valence-corrected chi connectivity index (χ2v) is 7.56. The van der Waals surface area contributed by atoms with Gasteiger partial charge in [0.05, 0.1) is 0 Å². The summed E-state index contributed by atoms with van der Waals surface area (Å²) in [7, 11) is 0. The first-order chi connectivity index (χ1) is 14.6. The highest BCUT2D eigenvalue weighted by molar-refractivity contribution is 6.30. The van der Waals surface area contributed by atoms with Crippen LogP contribution in [0.25, 0.3) is 0 Å². The number of amides is 2. The van der Waals surface area contributed by atoms with Crippen LogP contribution in [0.3, 0.4) is 0 Å². The van der Waals surface area contributed by atoms with Crippen LogP contribution in [0.4, 0.5) is 5.69 Å². The lowest BCUT2D eigenvalue weighted by molar-refractivity contribution is -0.133. The van der Waals surface area contributed by atoms with Crippen LogP contribution in [0, 0.1) is 0 Å². The van der Waals surface area contributed by atoms with Crippen LogP contribution in [-0.4, -0.2) is 29.9 Å². The van der Waals surface area contributed by atoms with Gasteiger partial charge in [-0.05, 0) is 54.4 Å². The molecule has 1 N–H and O–H groups in total. The summed E-state index contributed by atoms with van der Waals surface area (Å²) in [5.41, 5.74) is 3.21. The van der Waals surface area contributed by atoms with E-state index in [2.05, 4.69) is 17.4 Å². The van der Waals surface area contributed by atoms with Gasteiger partial charge in [-0.2, -0.15) is 0 Å². The fourth-order valence-corrected chi connectivity index (χ4v) is 3.49. The largest absolute Gasteiger partial charge is 0.483 e. The Morgan fingerprint density at radius 1 is 1.03 bits per heavy atom. The summed E-state index contributed by atoms with van der Waals surface area (Å²) >= 11 is 5.88. The highest BCUT2D eigenvalue weighted by Crippen LogP contribution is 2.27. The van der Waals surface area contributed by atoms with E-state index in [0.29, 0.717) is 35.1 Å². The molecule has 3 aromatic carbocycles. The number of hydrogen-bond donors (Lipinski definition) is 1. The predicted molar refractivity (Wildman–Crippen MR) is 117 cm³/mol. The van der Waals surface area contributed by atoms with Crippen LogP contribution in [0.1, 0.15) is 21.5 Å². The molecule has 0 aliphatic carbocycles. The molecule has 2 amide bonds. The maximum atomic E-state index is 12.5. The molecular formula is C24H21ClN2O3. The number of carbonyl (C=O) groups is 2. The van der Waals surface area contributed by atoms with E-state index in [1.165, 1.54) is 5.56 Å². The van der Waals surface area contributed by atoms with E-state index >= 15 is 0 Å².